The molecule has 0 radical (unpaired) electrons. The molecule has 2 saturated carbocycles. The number of hydrogen-bond donors (Lipinski definition) is 12. The zero-order valence-corrected chi connectivity index (χ0v) is 22.6. The molecular weight excluding hydrogens is 548 g/mol. The number of nitrogens with one attached hydrogen (secondary N) is 1. The van der Waals surface area contributed by atoms with Gasteiger partial charge in [-0.25, -0.2) is 4.99 Å². The lowest BCUT2D eigenvalue weighted by molar-refractivity contribution is -0.372. The van der Waals surface area contributed by atoms with Crippen LogP contribution in [0, 0.1) is 5.92 Å². The van der Waals surface area contributed by atoms with Gasteiger partial charge in [-0.05, 0) is 19.9 Å². The van der Waals surface area contributed by atoms with Crippen molar-refractivity contribution in [3.8, 4) is 0 Å². The first-order chi connectivity index (χ1) is 19.3. The van der Waals surface area contributed by atoms with Crippen LogP contribution in [0.15, 0.2) is 4.99 Å². The van der Waals surface area contributed by atoms with E-state index in [9.17, 15) is 25.5 Å². The average Bonchev–Trinajstić information content (AvgIpc) is 3.52. The zero-order valence-electron chi connectivity index (χ0n) is 22.6. The quantitative estimate of drug-likeness (QED) is 0.0964. The van der Waals surface area contributed by atoms with Gasteiger partial charge in [0.1, 0.15) is 42.2 Å². The summed E-state index contributed by atoms with van der Waals surface area (Å²) in [6.45, 7) is -0.581. The summed E-state index contributed by atoms with van der Waals surface area (Å²) in [5, 5.41) is 55.8. The lowest BCUT2D eigenvalue weighted by Crippen LogP contribution is -2.69. The molecule has 0 aromatic carbocycles. The van der Waals surface area contributed by atoms with Crippen molar-refractivity contribution >= 4 is 5.96 Å². The van der Waals surface area contributed by atoms with E-state index in [2.05, 4.69) is 10.3 Å². The smallest absolute Gasteiger partial charge is 0.189 e. The van der Waals surface area contributed by atoms with Gasteiger partial charge in [0.05, 0.1) is 30.9 Å². The van der Waals surface area contributed by atoms with E-state index in [1.165, 1.54) is 0 Å². The number of guanidine groups is 1. The SMILES string of the molecule is CNC1C(O[C@H]2OC(CO)[C@@H](N=C(N)N)C(O)C2O)O[C@H]2CC(N)[C@@H](OC34C(N)C[C@@H](N)C(O)C3[C@H]4N)OC2C1O. The molecule has 0 aromatic rings. The third-order valence-electron chi connectivity index (χ3n) is 9.12. The van der Waals surface area contributed by atoms with Crippen molar-refractivity contribution in [3.05, 3.63) is 0 Å². The van der Waals surface area contributed by atoms with Gasteiger partial charge >= 0.3 is 0 Å². The summed E-state index contributed by atoms with van der Waals surface area (Å²) in [5.74, 6) is -0.834. The fourth-order valence-electron chi connectivity index (χ4n) is 6.84. The standard InChI is InChI=1S/C23H44N8O10/c1-30-12-15(35)17-7(37-20(12)40-21-16(36)14(34)11(31-22(28)29)8(4-32)38-21)2-6(25)19(39-17)41-23-9(26)3-5(24)13(33)10(23)18(23)27/h5-21,30,32-36H,2-4,24-27H2,1H3,(H4,28,29,31)/t5-,6?,7+,8?,9?,10?,11-,12?,13?,14?,15?,16?,17?,18-,19-,20?,21-,23?/m1/s1. The van der Waals surface area contributed by atoms with Crippen LogP contribution in [0.2, 0.25) is 0 Å². The number of nitrogens with two attached hydrogens (primary N) is 6. The molecule has 3 saturated heterocycles. The average molecular weight is 593 g/mol. The molecule has 12 unspecified atom stereocenters. The van der Waals surface area contributed by atoms with Crippen molar-refractivity contribution in [2.24, 2.45) is 45.3 Å². The van der Waals surface area contributed by atoms with E-state index < -0.39 is 116 Å². The van der Waals surface area contributed by atoms with E-state index in [0.717, 1.165) is 0 Å². The number of fused-ring (bicyclic) bond motifs is 2. The van der Waals surface area contributed by atoms with Gasteiger partial charge in [0.2, 0.25) is 0 Å². The summed E-state index contributed by atoms with van der Waals surface area (Å²) in [6, 6.07) is -4.39. The number of nitrogens with zero attached hydrogens (tertiary/aromatic N) is 1. The van der Waals surface area contributed by atoms with Gasteiger partial charge < -0.3 is 88.9 Å². The second-order valence-corrected chi connectivity index (χ2v) is 11.6. The van der Waals surface area contributed by atoms with Crippen LogP contribution in [0.3, 0.4) is 0 Å². The van der Waals surface area contributed by atoms with E-state index in [1.807, 2.05) is 0 Å². The Balaban J connectivity index is 1.27. The molecule has 0 aromatic heterocycles. The van der Waals surface area contributed by atoms with Gasteiger partial charge in [0.15, 0.2) is 24.8 Å². The molecule has 18 N–H and O–H groups in total. The van der Waals surface area contributed by atoms with Crippen LogP contribution in [0.4, 0.5) is 0 Å². The lowest BCUT2D eigenvalue weighted by atomic mass is 9.86. The fourth-order valence-corrected chi connectivity index (χ4v) is 6.84. The van der Waals surface area contributed by atoms with Crippen LogP contribution in [0.5, 0.6) is 0 Å². The van der Waals surface area contributed by atoms with Crippen LogP contribution in [-0.2, 0) is 23.7 Å². The molecule has 0 spiro atoms. The molecule has 5 fully saturated rings. The monoisotopic (exact) mass is 592 g/mol. The van der Waals surface area contributed by atoms with Crippen LogP contribution in [-0.4, -0.2) is 149 Å². The number of aliphatic hydroxyl groups excluding tert-OH is 5. The largest absolute Gasteiger partial charge is 0.394 e. The summed E-state index contributed by atoms with van der Waals surface area (Å²) in [6.07, 6.45) is -11.2. The van der Waals surface area contributed by atoms with E-state index >= 15 is 0 Å². The van der Waals surface area contributed by atoms with Crippen LogP contribution >= 0.6 is 0 Å². The maximum absolute atomic E-state index is 11.3. The number of aliphatic hydroxyl groups is 5. The second-order valence-electron chi connectivity index (χ2n) is 11.6. The highest BCUT2D eigenvalue weighted by Crippen LogP contribution is 2.55. The molecule has 236 valence electrons. The van der Waals surface area contributed by atoms with Gasteiger partial charge in [0.25, 0.3) is 0 Å². The maximum Gasteiger partial charge on any atom is 0.189 e. The Morgan fingerprint density at radius 3 is 2.24 bits per heavy atom. The predicted octanol–water partition coefficient (Wildman–Crippen LogP) is -7.67. The number of hydrogen-bond acceptors (Lipinski definition) is 16. The molecule has 2 aliphatic carbocycles. The summed E-state index contributed by atoms with van der Waals surface area (Å²) in [5.41, 5.74) is 34.8. The minimum atomic E-state index is -1.62. The zero-order chi connectivity index (χ0) is 30.0. The molecule has 3 heterocycles. The third kappa shape index (κ3) is 5.23. The van der Waals surface area contributed by atoms with Crippen molar-refractivity contribution in [2.75, 3.05) is 13.7 Å². The Labute approximate surface area is 236 Å². The second kappa shape index (κ2) is 11.6. The van der Waals surface area contributed by atoms with E-state index in [4.69, 9.17) is 58.1 Å². The Hall–Kier alpha value is -1.33. The Bertz CT molecular complexity index is 963. The van der Waals surface area contributed by atoms with Crippen molar-refractivity contribution in [2.45, 2.75) is 116 Å². The molecule has 5 aliphatic rings. The van der Waals surface area contributed by atoms with Crippen LogP contribution < -0.4 is 39.7 Å². The molecule has 41 heavy (non-hydrogen) atoms. The molecule has 18 atom stereocenters. The van der Waals surface area contributed by atoms with Crippen LogP contribution in [0.25, 0.3) is 0 Å². The molecule has 5 rings (SSSR count). The van der Waals surface area contributed by atoms with E-state index in [-0.39, 0.29) is 12.4 Å². The lowest BCUT2D eigenvalue weighted by Gasteiger charge is -2.51. The van der Waals surface area contributed by atoms with Crippen molar-refractivity contribution in [1.82, 2.24) is 5.32 Å². The van der Waals surface area contributed by atoms with Gasteiger partial charge in [-0.1, -0.05) is 0 Å². The maximum atomic E-state index is 11.3. The van der Waals surface area contributed by atoms with Crippen LogP contribution in [0.1, 0.15) is 12.8 Å². The van der Waals surface area contributed by atoms with E-state index in [0.29, 0.717) is 6.42 Å². The van der Waals surface area contributed by atoms with Crippen molar-refractivity contribution < 1.29 is 49.2 Å². The normalized spacial score (nSPS) is 55.0. The highest BCUT2D eigenvalue weighted by Gasteiger charge is 2.74. The minimum absolute atomic E-state index is 0.179. The third-order valence-corrected chi connectivity index (χ3v) is 9.12. The summed E-state index contributed by atoms with van der Waals surface area (Å²) < 4.78 is 30.1. The molecule has 3 aliphatic heterocycles. The highest BCUT2D eigenvalue weighted by molar-refractivity contribution is 5.76. The number of ether oxygens (including phenoxy) is 5. The molecule has 0 bridgehead atoms. The summed E-state index contributed by atoms with van der Waals surface area (Å²) in [4.78, 5) is 3.84. The molecule has 0 amide bonds. The number of rotatable bonds is 7. The van der Waals surface area contributed by atoms with Gasteiger partial charge in [-0.15, -0.1) is 0 Å². The van der Waals surface area contributed by atoms with Crippen molar-refractivity contribution in [1.29, 1.82) is 0 Å². The molecular formula is C23H44N8O10. The van der Waals surface area contributed by atoms with Gasteiger partial charge in [0, 0.05) is 24.0 Å². The first-order valence-electron chi connectivity index (χ1n) is 13.8. The summed E-state index contributed by atoms with van der Waals surface area (Å²) in [7, 11) is 1.56. The number of likely N-dealkylation sites (N-methyl/N-ethyl adjacent to an activating group) is 1. The van der Waals surface area contributed by atoms with Gasteiger partial charge in [-0.3, -0.25) is 0 Å². The predicted molar refractivity (Wildman–Crippen MR) is 139 cm³/mol. The van der Waals surface area contributed by atoms with Crippen molar-refractivity contribution in [3.63, 3.8) is 0 Å². The van der Waals surface area contributed by atoms with E-state index in [1.54, 1.807) is 7.05 Å². The molecule has 18 heteroatoms. The first kappa shape index (κ1) is 31.1. The molecule has 18 nitrogen and oxygen atoms in total. The Kier molecular flexibility index (Phi) is 8.83. The fraction of sp³-hybridized carbons (Fsp3) is 0.957. The summed E-state index contributed by atoms with van der Waals surface area (Å²) >= 11 is 0. The van der Waals surface area contributed by atoms with Gasteiger partial charge in [-0.2, -0.15) is 0 Å². The Morgan fingerprint density at radius 2 is 1.61 bits per heavy atom. The Morgan fingerprint density at radius 1 is 0.902 bits per heavy atom. The first-order valence-corrected chi connectivity index (χ1v) is 13.8. The topological polar surface area (TPSA) is 328 Å². The minimum Gasteiger partial charge on any atom is -0.394 e. The highest BCUT2D eigenvalue weighted by atomic mass is 16.8. The number of aliphatic imine (C=N–C) groups is 1.